The lowest BCUT2D eigenvalue weighted by Gasteiger charge is -2.24. The molecular formula is C16H23NO. The van der Waals surface area contributed by atoms with E-state index in [0.29, 0.717) is 5.92 Å². The summed E-state index contributed by atoms with van der Waals surface area (Å²) in [6, 6.07) is 9.65. The fraction of sp³-hybridized carbons (Fsp3) is 0.562. The number of carbonyl (C=O) groups is 1. The number of carbonyl (C=O) groups excluding carboxylic acids is 1. The summed E-state index contributed by atoms with van der Waals surface area (Å²) >= 11 is 0. The average Bonchev–Trinajstić information content (AvgIpc) is 2.88. The van der Waals surface area contributed by atoms with Crippen LogP contribution in [0.15, 0.2) is 30.3 Å². The first-order valence-corrected chi connectivity index (χ1v) is 6.93. The first kappa shape index (κ1) is 13.3. The zero-order valence-corrected chi connectivity index (χ0v) is 11.6. The summed E-state index contributed by atoms with van der Waals surface area (Å²) in [7, 11) is 0. The molecule has 0 amide bonds. The highest BCUT2D eigenvalue weighted by molar-refractivity contribution is 5.99. The Morgan fingerprint density at radius 2 is 1.89 bits per heavy atom. The minimum absolute atomic E-state index is 0.0103. The van der Waals surface area contributed by atoms with Crippen LogP contribution < -0.4 is 0 Å². The molecule has 1 heterocycles. The van der Waals surface area contributed by atoms with Gasteiger partial charge in [0.25, 0.3) is 0 Å². The molecule has 2 rings (SSSR count). The highest BCUT2D eigenvalue weighted by Crippen LogP contribution is 2.25. The van der Waals surface area contributed by atoms with Gasteiger partial charge in [-0.25, -0.2) is 0 Å². The van der Waals surface area contributed by atoms with Crippen molar-refractivity contribution in [3.05, 3.63) is 35.9 Å². The minimum atomic E-state index is 0.0103. The van der Waals surface area contributed by atoms with Crippen molar-refractivity contribution in [2.24, 2.45) is 11.8 Å². The zero-order valence-electron chi connectivity index (χ0n) is 11.6. The van der Waals surface area contributed by atoms with Gasteiger partial charge in [-0.15, -0.1) is 0 Å². The summed E-state index contributed by atoms with van der Waals surface area (Å²) < 4.78 is 0. The Kier molecular flexibility index (Phi) is 4.18. The summed E-state index contributed by atoms with van der Waals surface area (Å²) in [5.41, 5.74) is 0.831. The third-order valence-corrected chi connectivity index (χ3v) is 4.18. The van der Waals surface area contributed by atoms with Gasteiger partial charge in [-0.05, 0) is 31.7 Å². The van der Waals surface area contributed by atoms with E-state index in [0.717, 1.165) is 24.6 Å². The molecule has 0 spiro atoms. The van der Waals surface area contributed by atoms with E-state index in [9.17, 15) is 4.79 Å². The Balaban J connectivity index is 2.00. The molecule has 0 radical (unpaired) electrons. The maximum Gasteiger partial charge on any atom is 0.179 e. The van der Waals surface area contributed by atoms with Crippen molar-refractivity contribution in [1.82, 2.24) is 4.90 Å². The van der Waals surface area contributed by atoms with Crippen molar-refractivity contribution in [2.75, 3.05) is 13.1 Å². The molecular weight excluding hydrogens is 222 g/mol. The number of nitrogens with zero attached hydrogens (tertiary/aromatic N) is 1. The van der Waals surface area contributed by atoms with Gasteiger partial charge in [0.1, 0.15) is 0 Å². The number of hydrogen-bond acceptors (Lipinski definition) is 2. The molecule has 0 bridgehead atoms. The first-order valence-electron chi connectivity index (χ1n) is 6.93. The molecule has 0 saturated carbocycles. The van der Waals surface area contributed by atoms with Gasteiger partial charge >= 0.3 is 0 Å². The Bertz CT molecular complexity index is 399. The normalized spacial score (nSPS) is 22.3. The lowest BCUT2D eigenvalue weighted by Crippen LogP contribution is -2.37. The SMILES string of the molecule is CC(C)C1CCN(C(C)C(=O)c2ccccc2)C1. The second-order valence-electron chi connectivity index (χ2n) is 5.69. The highest BCUT2D eigenvalue weighted by atomic mass is 16.1. The lowest BCUT2D eigenvalue weighted by atomic mass is 9.95. The van der Waals surface area contributed by atoms with Gasteiger partial charge in [0, 0.05) is 12.1 Å². The topological polar surface area (TPSA) is 20.3 Å². The van der Waals surface area contributed by atoms with E-state index in [1.807, 2.05) is 37.3 Å². The van der Waals surface area contributed by atoms with Gasteiger partial charge < -0.3 is 0 Å². The van der Waals surface area contributed by atoms with Crippen LogP contribution in [-0.4, -0.2) is 29.8 Å². The third-order valence-electron chi connectivity index (χ3n) is 4.18. The zero-order chi connectivity index (χ0) is 13.1. The fourth-order valence-corrected chi connectivity index (χ4v) is 2.72. The van der Waals surface area contributed by atoms with Crippen LogP contribution in [0.4, 0.5) is 0 Å². The molecule has 1 saturated heterocycles. The van der Waals surface area contributed by atoms with Crippen molar-refractivity contribution in [2.45, 2.75) is 33.2 Å². The second kappa shape index (κ2) is 5.66. The number of benzene rings is 1. The summed E-state index contributed by atoms with van der Waals surface area (Å²) in [6.07, 6.45) is 1.23. The molecule has 2 heteroatoms. The molecule has 1 aromatic carbocycles. The Hall–Kier alpha value is -1.15. The van der Waals surface area contributed by atoms with E-state index >= 15 is 0 Å². The first-order chi connectivity index (χ1) is 8.59. The van der Waals surface area contributed by atoms with Crippen LogP contribution in [0.5, 0.6) is 0 Å². The molecule has 1 aliphatic heterocycles. The maximum absolute atomic E-state index is 12.4. The van der Waals surface area contributed by atoms with Crippen molar-refractivity contribution in [3.8, 4) is 0 Å². The standard InChI is InChI=1S/C16H23NO/c1-12(2)15-9-10-17(11-15)13(3)16(18)14-7-5-4-6-8-14/h4-8,12-13,15H,9-11H2,1-3H3. The van der Waals surface area contributed by atoms with Gasteiger partial charge in [0.15, 0.2) is 5.78 Å². The summed E-state index contributed by atoms with van der Waals surface area (Å²) in [4.78, 5) is 14.7. The number of Topliss-reactive ketones (excluding diaryl/α,β-unsaturated/α-hetero) is 1. The molecule has 0 aliphatic carbocycles. The van der Waals surface area contributed by atoms with Crippen LogP contribution in [0.3, 0.4) is 0 Å². The van der Waals surface area contributed by atoms with Crippen molar-refractivity contribution in [1.29, 1.82) is 0 Å². The van der Waals surface area contributed by atoms with E-state index in [2.05, 4.69) is 18.7 Å². The van der Waals surface area contributed by atoms with Gasteiger partial charge in [-0.3, -0.25) is 9.69 Å². The predicted octanol–water partition coefficient (Wildman–Crippen LogP) is 3.24. The van der Waals surface area contributed by atoms with Crippen molar-refractivity contribution in [3.63, 3.8) is 0 Å². The maximum atomic E-state index is 12.4. The van der Waals surface area contributed by atoms with Crippen molar-refractivity contribution < 1.29 is 4.79 Å². The Morgan fingerprint density at radius 1 is 1.22 bits per heavy atom. The van der Waals surface area contributed by atoms with Crippen LogP contribution >= 0.6 is 0 Å². The molecule has 18 heavy (non-hydrogen) atoms. The molecule has 0 N–H and O–H groups in total. The molecule has 2 atom stereocenters. The Morgan fingerprint density at radius 3 is 2.44 bits per heavy atom. The van der Waals surface area contributed by atoms with E-state index in [1.165, 1.54) is 6.42 Å². The summed E-state index contributed by atoms with van der Waals surface area (Å²) in [6.45, 7) is 8.72. The molecule has 1 fully saturated rings. The number of rotatable bonds is 4. The minimum Gasteiger partial charge on any atom is -0.293 e. The highest BCUT2D eigenvalue weighted by Gasteiger charge is 2.31. The second-order valence-corrected chi connectivity index (χ2v) is 5.69. The smallest absolute Gasteiger partial charge is 0.179 e. The van der Waals surface area contributed by atoms with Crippen LogP contribution in [-0.2, 0) is 0 Å². The van der Waals surface area contributed by atoms with Gasteiger partial charge in [-0.2, -0.15) is 0 Å². The molecule has 0 aromatic heterocycles. The van der Waals surface area contributed by atoms with E-state index in [-0.39, 0.29) is 11.8 Å². The molecule has 2 nitrogen and oxygen atoms in total. The van der Waals surface area contributed by atoms with Gasteiger partial charge in [-0.1, -0.05) is 44.2 Å². The van der Waals surface area contributed by atoms with Crippen LogP contribution in [0, 0.1) is 11.8 Å². The number of hydrogen-bond donors (Lipinski definition) is 0. The van der Waals surface area contributed by atoms with E-state index in [1.54, 1.807) is 0 Å². The number of ketones is 1. The van der Waals surface area contributed by atoms with Crippen LogP contribution in [0.1, 0.15) is 37.6 Å². The average molecular weight is 245 g/mol. The summed E-state index contributed by atoms with van der Waals surface area (Å²) in [5.74, 6) is 1.71. The quantitative estimate of drug-likeness (QED) is 0.759. The largest absolute Gasteiger partial charge is 0.293 e. The monoisotopic (exact) mass is 245 g/mol. The predicted molar refractivity (Wildman–Crippen MR) is 74.8 cm³/mol. The van der Waals surface area contributed by atoms with Crippen molar-refractivity contribution >= 4 is 5.78 Å². The van der Waals surface area contributed by atoms with Crippen LogP contribution in [0.2, 0.25) is 0 Å². The van der Waals surface area contributed by atoms with Gasteiger partial charge in [0.2, 0.25) is 0 Å². The fourth-order valence-electron chi connectivity index (χ4n) is 2.72. The molecule has 1 aromatic rings. The lowest BCUT2D eigenvalue weighted by molar-refractivity contribution is 0.0860. The van der Waals surface area contributed by atoms with E-state index in [4.69, 9.17) is 0 Å². The summed E-state index contributed by atoms with van der Waals surface area (Å²) in [5, 5.41) is 0. The number of likely N-dealkylation sites (tertiary alicyclic amines) is 1. The molecule has 1 aliphatic rings. The molecule has 98 valence electrons. The third kappa shape index (κ3) is 2.81. The van der Waals surface area contributed by atoms with Crippen LogP contribution in [0.25, 0.3) is 0 Å². The molecule has 2 unspecified atom stereocenters. The Labute approximate surface area is 110 Å². The van der Waals surface area contributed by atoms with E-state index < -0.39 is 0 Å². The van der Waals surface area contributed by atoms with Gasteiger partial charge in [0.05, 0.1) is 6.04 Å².